The van der Waals surface area contributed by atoms with Crippen LogP contribution in [0.2, 0.25) is 10.0 Å². The monoisotopic (exact) mass is 432 g/mol. The van der Waals surface area contributed by atoms with Gasteiger partial charge in [0.1, 0.15) is 37.4 Å². The highest BCUT2D eigenvalue weighted by atomic mass is 35.5. The van der Waals surface area contributed by atoms with E-state index in [9.17, 15) is 0 Å². The molecule has 8 heteroatoms. The van der Waals surface area contributed by atoms with Crippen molar-refractivity contribution in [1.29, 1.82) is 0 Å². The van der Waals surface area contributed by atoms with Gasteiger partial charge >= 0.3 is 0 Å². The van der Waals surface area contributed by atoms with Gasteiger partial charge in [0.25, 0.3) is 0 Å². The third kappa shape index (κ3) is 5.95. The maximum atomic E-state index is 6.31. The Kier molecular flexibility index (Phi) is 6.77. The maximum Gasteiger partial charge on any atom is 0.147 e. The third-order valence-electron chi connectivity index (χ3n) is 4.09. The minimum absolute atomic E-state index is 0.109. The molecular formula is C21H22Cl2N4O2. The summed E-state index contributed by atoms with van der Waals surface area (Å²) < 4.78 is 13.1. The number of ether oxygens (including phenoxy) is 2. The summed E-state index contributed by atoms with van der Waals surface area (Å²) in [5.74, 6) is 1.28. The molecule has 0 bridgehead atoms. The van der Waals surface area contributed by atoms with E-state index in [1.54, 1.807) is 18.3 Å². The van der Waals surface area contributed by atoms with Gasteiger partial charge in [-0.1, -0.05) is 56.1 Å². The summed E-state index contributed by atoms with van der Waals surface area (Å²) in [5.41, 5.74) is 2.01. The second kappa shape index (κ2) is 9.29. The summed E-state index contributed by atoms with van der Waals surface area (Å²) in [6.07, 6.45) is 4.53. The van der Waals surface area contributed by atoms with Crippen LogP contribution in [0.3, 0.4) is 0 Å². The molecule has 0 spiro atoms. The van der Waals surface area contributed by atoms with Crippen LogP contribution in [-0.2, 0) is 5.41 Å². The normalized spacial score (nSPS) is 11.8. The first-order valence-corrected chi connectivity index (χ1v) is 9.83. The average Bonchev–Trinajstić information content (AvgIpc) is 3.18. The van der Waals surface area contributed by atoms with Gasteiger partial charge in [0.05, 0.1) is 11.2 Å². The van der Waals surface area contributed by atoms with E-state index in [1.807, 2.05) is 12.1 Å². The van der Waals surface area contributed by atoms with Crippen LogP contribution in [0, 0.1) is 0 Å². The first-order valence-electron chi connectivity index (χ1n) is 9.07. The molecule has 0 saturated carbocycles. The molecule has 0 aliphatic rings. The molecule has 29 heavy (non-hydrogen) atoms. The highest BCUT2D eigenvalue weighted by Gasteiger charge is 2.13. The number of nitrogens with zero attached hydrogens (tertiary/aromatic N) is 4. The Bertz CT molecular complexity index is 966. The van der Waals surface area contributed by atoms with Gasteiger partial charge in [-0.2, -0.15) is 5.10 Å². The zero-order valence-corrected chi connectivity index (χ0v) is 18.0. The molecule has 1 aromatic heterocycles. The second-order valence-electron chi connectivity index (χ2n) is 7.36. The Morgan fingerprint density at radius 2 is 1.66 bits per heavy atom. The Balaban J connectivity index is 1.61. The minimum Gasteiger partial charge on any atom is -0.490 e. The van der Waals surface area contributed by atoms with Crippen LogP contribution in [0.5, 0.6) is 11.5 Å². The van der Waals surface area contributed by atoms with E-state index in [2.05, 4.69) is 48.2 Å². The van der Waals surface area contributed by atoms with E-state index >= 15 is 0 Å². The molecule has 0 saturated heterocycles. The highest BCUT2D eigenvalue weighted by molar-refractivity contribution is 6.36. The van der Waals surface area contributed by atoms with Crippen LogP contribution >= 0.6 is 23.2 Å². The van der Waals surface area contributed by atoms with E-state index in [1.165, 1.54) is 22.9 Å². The van der Waals surface area contributed by atoms with Crippen molar-refractivity contribution >= 4 is 29.4 Å². The van der Waals surface area contributed by atoms with Crippen LogP contribution < -0.4 is 9.47 Å². The molecular weight excluding hydrogens is 411 g/mol. The molecule has 2 aromatic carbocycles. The Hall–Kier alpha value is -2.57. The summed E-state index contributed by atoms with van der Waals surface area (Å²) in [5, 5.41) is 12.5. The number of rotatable bonds is 7. The summed E-state index contributed by atoms with van der Waals surface area (Å²) in [4.78, 5) is 0. The lowest BCUT2D eigenvalue weighted by atomic mass is 9.87. The van der Waals surface area contributed by atoms with Crippen LogP contribution in [0.1, 0.15) is 31.9 Å². The summed E-state index contributed by atoms with van der Waals surface area (Å²) in [7, 11) is 0. The van der Waals surface area contributed by atoms with Gasteiger partial charge in [0.15, 0.2) is 0 Å². The molecule has 0 aliphatic carbocycles. The second-order valence-corrected chi connectivity index (χ2v) is 8.21. The van der Waals surface area contributed by atoms with E-state index in [4.69, 9.17) is 32.7 Å². The Morgan fingerprint density at radius 3 is 2.31 bits per heavy atom. The molecule has 0 amide bonds. The molecule has 152 valence electrons. The lowest BCUT2D eigenvalue weighted by molar-refractivity contribution is 0.217. The van der Waals surface area contributed by atoms with Crippen molar-refractivity contribution in [3.63, 3.8) is 0 Å². The topological polar surface area (TPSA) is 61.5 Å². The van der Waals surface area contributed by atoms with Crippen molar-refractivity contribution in [3.05, 3.63) is 70.2 Å². The molecule has 0 atom stereocenters. The lowest BCUT2D eigenvalue weighted by Crippen LogP contribution is -2.12. The Labute approximate surface area is 180 Å². The van der Waals surface area contributed by atoms with E-state index in [-0.39, 0.29) is 5.41 Å². The van der Waals surface area contributed by atoms with Crippen molar-refractivity contribution in [2.75, 3.05) is 13.2 Å². The fraction of sp³-hybridized carbons (Fsp3) is 0.286. The van der Waals surface area contributed by atoms with Crippen LogP contribution in [-0.4, -0.2) is 34.3 Å². The predicted octanol–water partition coefficient (Wildman–Crippen LogP) is 5.22. The van der Waals surface area contributed by atoms with Crippen LogP contribution in [0.15, 0.2) is 54.2 Å². The van der Waals surface area contributed by atoms with Gasteiger partial charge in [-0.05, 0) is 35.2 Å². The molecule has 0 unspecified atom stereocenters. The van der Waals surface area contributed by atoms with Gasteiger partial charge in [0, 0.05) is 10.6 Å². The standard InChI is InChI=1S/C21H22Cl2N4O2/c1-21(2,3)16-4-6-18(7-5-16)28-8-9-29-20-15(10-17(22)11-19(20)23)12-26-27-13-24-25-14-27/h4-7,10-14H,8-9H2,1-3H3/b26-12-. The molecule has 0 fully saturated rings. The summed E-state index contributed by atoms with van der Waals surface area (Å²) in [6, 6.07) is 11.4. The highest BCUT2D eigenvalue weighted by Crippen LogP contribution is 2.31. The number of aromatic nitrogens is 3. The Morgan fingerprint density at radius 1 is 1.00 bits per heavy atom. The van der Waals surface area contributed by atoms with Crippen molar-refractivity contribution in [2.45, 2.75) is 26.2 Å². The van der Waals surface area contributed by atoms with Crippen molar-refractivity contribution in [2.24, 2.45) is 5.10 Å². The number of benzene rings is 2. The largest absolute Gasteiger partial charge is 0.490 e. The van der Waals surface area contributed by atoms with Gasteiger partial charge in [-0.15, -0.1) is 10.2 Å². The maximum absolute atomic E-state index is 6.31. The van der Waals surface area contributed by atoms with Crippen molar-refractivity contribution < 1.29 is 9.47 Å². The van der Waals surface area contributed by atoms with Crippen LogP contribution in [0.25, 0.3) is 0 Å². The average molecular weight is 433 g/mol. The smallest absolute Gasteiger partial charge is 0.147 e. The predicted molar refractivity (Wildman–Crippen MR) is 116 cm³/mol. The zero-order chi connectivity index (χ0) is 20.9. The van der Waals surface area contributed by atoms with Crippen molar-refractivity contribution in [3.8, 4) is 11.5 Å². The van der Waals surface area contributed by atoms with Crippen LogP contribution in [0.4, 0.5) is 0 Å². The SMILES string of the molecule is CC(C)(C)c1ccc(OCCOc2c(Cl)cc(Cl)cc2/C=N\n2cnnc2)cc1. The number of hydrogen-bond acceptors (Lipinski definition) is 5. The van der Waals surface area contributed by atoms with E-state index in [0.29, 0.717) is 34.6 Å². The first kappa shape index (κ1) is 21.1. The fourth-order valence-electron chi connectivity index (χ4n) is 2.57. The summed E-state index contributed by atoms with van der Waals surface area (Å²) >= 11 is 12.4. The molecule has 6 nitrogen and oxygen atoms in total. The first-order chi connectivity index (χ1) is 13.8. The van der Waals surface area contributed by atoms with Gasteiger partial charge in [0.2, 0.25) is 0 Å². The third-order valence-corrected chi connectivity index (χ3v) is 4.59. The molecule has 1 heterocycles. The number of halogens is 2. The molecule has 0 N–H and O–H groups in total. The van der Waals surface area contributed by atoms with E-state index in [0.717, 1.165) is 5.75 Å². The van der Waals surface area contributed by atoms with Crippen molar-refractivity contribution in [1.82, 2.24) is 14.9 Å². The van der Waals surface area contributed by atoms with Gasteiger partial charge < -0.3 is 9.47 Å². The molecule has 3 rings (SSSR count). The zero-order valence-electron chi connectivity index (χ0n) is 16.5. The molecule has 0 radical (unpaired) electrons. The van der Waals surface area contributed by atoms with Gasteiger partial charge in [-0.3, -0.25) is 0 Å². The van der Waals surface area contributed by atoms with E-state index < -0.39 is 0 Å². The lowest BCUT2D eigenvalue weighted by Gasteiger charge is -2.19. The quantitative estimate of drug-likeness (QED) is 0.379. The fourth-order valence-corrected chi connectivity index (χ4v) is 3.13. The number of hydrogen-bond donors (Lipinski definition) is 0. The molecule has 0 aliphatic heterocycles. The minimum atomic E-state index is 0.109. The van der Waals surface area contributed by atoms with Gasteiger partial charge in [-0.25, -0.2) is 4.68 Å². The summed E-state index contributed by atoms with van der Waals surface area (Å²) in [6.45, 7) is 7.22. The molecule has 3 aromatic rings.